The van der Waals surface area contributed by atoms with Gasteiger partial charge in [-0.3, -0.25) is 0 Å². The first-order chi connectivity index (χ1) is 7.56. The molecule has 1 heterocycles. The predicted molar refractivity (Wildman–Crippen MR) is 67.9 cm³/mol. The summed E-state index contributed by atoms with van der Waals surface area (Å²) in [5.74, 6) is 0.581. The molecular weight excluding hydrogens is 269 g/mol. The second-order valence-corrected chi connectivity index (χ2v) is 5.85. The Kier molecular flexibility index (Phi) is 3.65. The average molecular weight is 286 g/mol. The zero-order chi connectivity index (χ0) is 11.7. The molecule has 1 aliphatic heterocycles. The molecule has 0 aromatic heterocycles. The summed E-state index contributed by atoms with van der Waals surface area (Å²) in [4.78, 5) is 0. The van der Waals surface area contributed by atoms with Crippen molar-refractivity contribution in [1.82, 2.24) is 5.32 Å². The minimum atomic E-state index is -0.0698. The number of fused-ring (bicyclic) bond motifs is 1. The van der Waals surface area contributed by atoms with Crippen LogP contribution in [0, 0.1) is 11.7 Å². The van der Waals surface area contributed by atoms with Crippen LogP contribution in [0.25, 0.3) is 0 Å². The van der Waals surface area contributed by atoms with E-state index < -0.39 is 0 Å². The van der Waals surface area contributed by atoms with Crippen LogP contribution < -0.4 is 5.32 Å². The molecule has 0 radical (unpaired) electrons. The van der Waals surface area contributed by atoms with Crippen molar-refractivity contribution >= 4 is 15.9 Å². The third kappa shape index (κ3) is 2.64. The second-order valence-electron chi connectivity index (χ2n) is 4.94. The van der Waals surface area contributed by atoms with Gasteiger partial charge in [-0.25, -0.2) is 4.39 Å². The van der Waals surface area contributed by atoms with Gasteiger partial charge >= 0.3 is 0 Å². The van der Waals surface area contributed by atoms with Crippen LogP contribution in [-0.2, 0) is 13.0 Å². The summed E-state index contributed by atoms with van der Waals surface area (Å²) in [6.07, 6.45) is 1.92. The highest BCUT2D eigenvalue weighted by Gasteiger charge is 2.21. The number of hydrogen-bond acceptors (Lipinski definition) is 1. The zero-order valence-corrected chi connectivity index (χ0v) is 11.3. The topological polar surface area (TPSA) is 12.0 Å². The largest absolute Gasteiger partial charge is 0.310 e. The number of hydrogen-bond donors (Lipinski definition) is 1. The number of halogens is 2. The van der Waals surface area contributed by atoms with Crippen molar-refractivity contribution in [2.75, 3.05) is 0 Å². The fraction of sp³-hybridized carbons (Fsp3) is 0.538. The number of benzene rings is 1. The quantitative estimate of drug-likeness (QED) is 0.875. The summed E-state index contributed by atoms with van der Waals surface area (Å²) in [7, 11) is 0. The molecule has 0 bridgehead atoms. The van der Waals surface area contributed by atoms with Crippen molar-refractivity contribution in [3.05, 3.63) is 33.5 Å². The Morgan fingerprint density at radius 1 is 1.50 bits per heavy atom. The molecule has 16 heavy (non-hydrogen) atoms. The molecule has 2 rings (SSSR count). The van der Waals surface area contributed by atoms with Gasteiger partial charge in [-0.05, 0) is 42.0 Å². The molecule has 1 unspecified atom stereocenters. The van der Waals surface area contributed by atoms with Gasteiger partial charge in [0.15, 0.2) is 0 Å². The third-order valence-corrected chi connectivity index (χ3v) is 3.50. The lowest BCUT2D eigenvalue weighted by Gasteiger charge is -2.28. The van der Waals surface area contributed by atoms with Gasteiger partial charge in [0.1, 0.15) is 5.82 Å². The molecule has 1 aromatic carbocycles. The SMILES string of the molecule is CC(C)CC1Cc2c(F)cc(Br)cc2CN1. The van der Waals surface area contributed by atoms with Crippen molar-refractivity contribution in [2.24, 2.45) is 5.92 Å². The molecular formula is C13H17BrFN. The van der Waals surface area contributed by atoms with E-state index in [2.05, 4.69) is 35.1 Å². The van der Waals surface area contributed by atoms with E-state index in [1.807, 2.05) is 6.07 Å². The van der Waals surface area contributed by atoms with Crippen LogP contribution in [0.2, 0.25) is 0 Å². The normalized spacial score (nSPS) is 19.9. The first-order valence-corrected chi connectivity index (χ1v) is 6.55. The van der Waals surface area contributed by atoms with Gasteiger partial charge in [0.05, 0.1) is 0 Å². The molecule has 0 spiro atoms. The maximum atomic E-state index is 13.8. The van der Waals surface area contributed by atoms with Gasteiger partial charge in [0.2, 0.25) is 0 Å². The second kappa shape index (κ2) is 4.84. The van der Waals surface area contributed by atoms with E-state index in [1.54, 1.807) is 6.07 Å². The minimum Gasteiger partial charge on any atom is -0.310 e. The van der Waals surface area contributed by atoms with Crippen molar-refractivity contribution < 1.29 is 4.39 Å². The van der Waals surface area contributed by atoms with Crippen molar-refractivity contribution in [2.45, 2.75) is 39.3 Å². The lowest BCUT2D eigenvalue weighted by Crippen LogP contribution is -2.37. The molecule has 1 aromatic rings. The van der Waals surface area contributed by atoms with E-state index in [4.69, 9.17) is 0 Å². The van der Waals surface area contributed by atoms with E-state index in [0.717, 1.165) is 35.0 Å². The van der Waals surface area contributed by atoms with E-state index in [-0.39, 0.29) is 5.82 Å². The predicted octanol–water partition coefficient (Wildman–Crippen LogP) is 3.65. The molecule has 88 valence electrons. The van der Waals surface area contributed by atoms with Crippen LogP contribution in [0.4, 0.5) is 4.39 Å². The van der Waals surface area contributed by atoms with Gasteiger partial charge in [-0.2, -0.15) is 0 Å². The minimum absolute atomic E-state index is 0.0698. The van der Waals surface area contributed by atoms with Crippen LogP contribution >= 0.6 is 15.9 Å². The molecule has 3 heteroatoms. The fourth-order valence-electron chi connectivity index (χ4n) is 2.35. The van der Waals surface area contributed by atoms with Crippen LogP contribution in [0.1, 0.15) is 31.4 Å². The Morgan fingerprint density at radius 3 is 2.94 bits per heavy atom. The van der Waals surface area contributed by atoms with Crippen molar-refractivity contribution in [3.63, 3.8) is 0 Å². The fourth-order valence-corrected chi connectivity index (χ4v) is 2.83. The molecule has 1 atom stereocenters. The standard InChI is InChI=1S/C13H17BrFN/c1-8(2)3-11-6-12-9(7-16-11)4-10(14)5-13(12)15/h4-5,8,11,16H,3,6-7H2,1-2H3. The van der Waals surface area contributed by atoms with Crippen LogP contribution in [0.15, 0.2) is 16.6 Å². The van der Waals surface area contributed by atoms with Crippen LogP contribution in [0.3, 0.4) is 0 Å². The Morgan fingerprint density at radius 2 is 2.25 bits per heavy atom. The van der Waals surface area contributed by atoms with Crippen LogP contribution in [0.5, 0.6) is 0 Å². The van der Waals surface area contributed by atoms with Gasteiger partial charge in [-0.15, -0.1) is 0 Å². The van der Waals surface area contributed by atoms with Gasteiger partial charge < -0.3 is 5.32 Å². The molecule has 1 N–H and O–H groups in total. The van der Waals surface area contributed by atoms with Crippen LogP contribution in [-0.4, -0.2) is 6.04 Å². The lowest BCUT2D eigenvalue weighted by molar-refractivity contribution is 0.390. The van der Waals surface area contributed by atoms with Gasteiger partial charge in [0.25, 0.3) is 0 Å². The molecule has 0 fully saturated rings. The number of nitrogens with one attached hydrogen (secondary N) is 1. The third-order valence-electron chi connectivity index (χ3n) is 3.04. The van der Waals surface area contributed by atoms with E-state index in [1.165, 1.54) is 0 Å². The van der Waals surface area contributed by atoms with Gasteiger partial charge in [0, 0.05) is 17.1 Å². The smallest absolute Gasteiger partial charge is 0.127 e. The average Bonchev–Trinajstić information content (AvgIpc) is 2.18. The Balaban J connectivity index is 2.20. The van der Waals surface area contributed by atoms with Crippen molar-refractivity contribution in [1.29, 1.82) is 0 Å². The van der Waals surface area contributed by atoms with E-state index in [0.29, 0.717) is 12.0 Å². The molecule has 0 amide bonds. The maximum absolute atomic E-state index is 13.8. The summed E-state index contributed by atoms with van der Waals surface area (Å²) in [5.41, 5.74) is 1.99. The highest BCUT2D eigenvalue weighted by atomic mass is 79.9. The van der Waals surface area contributed by atoms with Crippen molar-refractivity contribution in [3.8, 4) is 0 Å². The maximum Gasteiger partial charge on any atom is 0.127 e. The lowest BCUT2D eigenvalue weighted by atomic mass is 9.91. The summed E-state index contributed by atoms with van der Waals surface area (Å²) in [6, 6.07) is 4.00. The summed E-state index contributed by atoms with van der Waals surface area (Å²) in [6.45, 7) is 5.19. The Hall–Kier alpha value is -0.410. The molecule has 0 saturated heterocycles. The van der Waals surface area contributed by atoms with E-state index in [9.17, 15) is 4.39 Å². The number of rotatable bonds is 2. The summed E-state index contributed by atoms with van der Waals surface area (Å²) in [5, 5.41) is 3.47. The van der Waals surface area contributed by atoms with Gasteiger partial charge in [-0.1, -0.05) is 29.8 Å². The summed E-state index contributed by atoms with van der Waals surface area (Å²) < 4.78 is 14.6. The molecule has 0 aliphatic carbocycles. The Bertz CT molecular complexity index is 390. The first-order valence-electron chi connectivity index (χ1n) is 5.76. The van der Waals surface area contributed by atoms with E-state index >= 15 is 0 Å². The Labute approximate surface area is 105 Å². The molecule has 1 aliphatic rings. The highest BCUT2D eigenvalue weighted by Crippen LogP contribution is 2.26. The monoisotopic (exact) mass is 285 g/mol. The first kappa shape index (κ1) is 12.1. The molecule has 0 saturated carbocycles. The summed E-state index contributed by atoms with van der Waals surface area (Å²) >= 11 is 3.33. The molecule has 1 nitrogen and oxygen atoms in total. The highest BCUT2D eigenvalue weighted by molar-refractivity contribution is 9.10. The zero-order valence-electron chi connectivity index (χ0n) is 9.69.